The molecule has 0 saturated carbocycles. The number of hydrogen-bond donors (Lipinski definition) is 1. The van der Waals surface area contributed by atoms with Crippen molar-refractivity contribution in [1.29, 1.82) is 0 Å². The number of aromatic nitrogens is 1. The van der Waals surface area contributed by atoms with Crippen LogP contribution < -0.4 is 15.0 Å². The highest BCUT2D eigenvalue weighted by Gasteiger charge is 2.27. The molecule has 0 saturated heterocycles. The molecule has 2 heterocycles. The van der Waals surface area contributed by atoms with E-state index >= 15 is 0 Å². The first-order chi connectivity index (χ1) is 11.7. The monoisotopic (exact) mass is 347 g/mol. The molecule has 0 spiro atoms. The average Bonchev–Trinajstić information content (AvgIpc) is 3.12. The Morgan fingerprint density at radius 2 is 2.38 bits per heavy atom. The number of hydrogen-bond acceptors (Lipinski definition) is 6. The van der Waals surface area contributed by atoms with E-state index in [1.165, 1.54) is 16.2 Å². The molecule has 2 amide bonds. The van der Waals surface area contributed by atoms with Crippen LogP contribution in [0.2, 0.25) is 0 Å². The number of rotatable bonds is 6. The van der Waals surface area contributed by atoms with Crippen molar-refractivity contribution in [1.82, 2.24) is 10.3 Å². The number of benzene rings is 1. The minimum absolute atomic E-state index is 0.0561. The predicted molar refractivity (Wildman–Crippen MR) is 90.3 cm³/mol. The summed E-state index contributed by atoms with van der Waals surface area (Å²) in [4.78, 5) is 30.0. The molecule has 1 N–H and O–H groups in total. The quantitative estimate of drug-likeness (QED) is 0.797. The third-order valence-electron chi connectivity index (χ3n) is 3.56. The second kappa shape index (κ2) is 7.41. The number of nitrogens with one attached hydrogen (secondary N) is 1. The molecule has 0 aliphatic carbocycles. The number of amides is 2. The summed E-state index contributed by atoms with van der Waals surface area (Å²) in [7, 11) is 1.56. The number of methoxy groups -OCH3 is 1. The number of ether oxygens (including phenoxy) is 2. The molecule has 24 heavy (non-hydrogen) atoms. The van der Waals surface area contributed by atoms with Crippen molar-refractivity contribution in [3.8, 4) is 17.0 Å². The first kappa shape index (κ1) is 16.4. The SMILES string of the molecule is COCCNC(=O)CN1C(=O)COc2ccc(-c3cscn3)cc21. The Morgan fingerprint density at radius 1 is 1.50 bits per heavy atom. The van der Waals surface area contributed by atoms with Crippen LogP contribution in [-0.2, 0) is 14.3 Å². The summed E-state index contributed by atoms with van der Waals surface area (Å²) in [5.74, 6) is 0.0883. The normalized spacial score (nSPS) is 13.4. The van der Waals surface area contributed by atoms with Gasteiger partial charge in [-0.1, -0.05) is 0 Å². The Hall–Kier alpha value is -2.45. The molecule has 7 nitrogen and oxygen atoms in total. The maximum Gasteiger partial charge on any atom is 0.265 e. The van der Waals surface area contributed by atoms with Gasteiger partial charge in [-0.3, -0.25) is 14.5 Å². The average molecular weight is 347 g/mol. The third kappa shape index (κ3) is 3.55. The zero-order chi connectivity index (χ0) is 16.9. The van der Waals surface area contributed by atoms with Crippen LogP contribution in [0.15, 0.2) is 29.1 Å². The number of carbonyl (C=O) groups is 2. The Morgan fingerprint density at radius 3 is 3.12 bits per heavy atom. The maximum atomic E-state index is 12.2. The molecule has 1 aromatic carbocycles. The van der Waals surface area contributed by atoms with Crippen LogP contribution in [0, 0.1) is 0 Å². The highest BCUT2D eigenvalue weighted by Crippen LogP contribution is 2.35. The van der Waals surface area contributed by atoms with Gasteiger partial charge >= 0.3 is 0 Å². The first-order valence-electron chi connectivity index (χ1n) is 7.40. The molecule has 0 bridgehead atoms. The molecule has 0 radical (unpaired) electrons. The zero-order valence-corrected chi connectivity index (χ0v) is 14.0. The van der Waals surface area contributed by atoms with E-state index in [1.807, 2.05) is 17.5 Å². The molecular formula is C16H17N3O4S. The van der Waals surface area contributed by atoms with Gasteiger partial charge in [-0.15, -0.1) is 11.3 Å². The molecule has 126 valence electrons. The van der Waals surface area contributed by atoms with E-state index in [-0.39, 0.29) is 25.0 Å². The maximum absolute atomic E-state index is 12.2. The molecule has 0 unspecified atom stereocenters. The molecular weight excluding hydrogens is 330 g/mol. The summed E-state index contributed by atoms with van der Waals surface area (Å²) in [6, 6.07) is 5.51. The molecule has 2 aromatic rings. The first-order valence-corrected chi connectivity index (χ1v) is 8.34. The predicted octanol–water partition coefficient (Wildman–Crippen LogP) is 1.30. The zero-order valence-electron chi connectivity index (χ0n) is 13.2. The number of nitrogens with zero attached hydrogens (tertiary/aromatic N) is 2. The second-order valence-electron chi connectivity index (χ2n) is 5.17. The van der Waals surface area contributed by atoms with Gasteiger partial charge < -0.3 is 14.8 Å². The lowest BCUT2D eigenvalue weighted by Gasteiger charge is -2.29. The fourth-order valence-electron chi connectivity index (χ4n) is 2.38. The molecule has 0 atom stereocenters. The topological polar surface area (TPSA) is 80.8 Å². The van der Waals surface area contributed by atoms with Gasteiger partial charge in [0.05, 0.1) is 23.5 Å². The van der Waals surface area contributed by atoms with Crippen molar-refractivity contribution < 1.29 is 19.1 Å². The molecule has 8 heteroatoms. The van der Waals surface area contributed by atoms with Gasteiger partial charge in [0.15, 0.2) is 6.61 Å². The summed E-state index contributed by atoms with van der Waals surface area (Å²) < 4.78 is 10.4. The third-order valence-corrected chi connectivity index (χ3v) is 4.15. The number of thiazole rings is 1. The van der Waals surface area contributed by atoms with Crippen molar-refractivity contribution in [3.63, 3.8) is 0 Å². The Kier molecular flexibility index (Phi) is 5.07. The number of fused-ring (bicyclic) bond motifs is 1. The summed E-state index contributed by atoms with van der Waals surface area (Å²) in [6.45, 7) is 0.695. The van der Waals surface area contributed by atoms with Gasteiger partial charge in [-0.05, 0) is 18.2 Å². The second-order valence-corrected chi connectivity index (χ2v) is 5.89. The summed E-state index contributed by atoms with van der Waals surface area (Å²) in [5, 5.41) is 4.64. The Bertz CT molecular complexity index is 733. The van der Waals surface area contributed by atoms with E-state index in [0.29, 0.717) is 24.6 Å². The van der Waals surface area contributed by atoms with Gasteiger partial charge in [0.25, 0.3) is 5.91 Å². The fraction of sp³-hybridized carbons (Fsp3) is 0.312. The van der Waals surface area contributed by atoms with Crippen LogP contribution in [0.3, 0.4) is 0 Å². The van der Waals surface area contributed by atoms with E-state index in [9.17, 15) is 9.59 Å². The Labute approximate surface area is 143 Å². The molecule has 1 aliphatic rings. The summed E-state index contributed by atoms with van der Waals surface area (Å²) in [5.41, 5.74) is 4.03. The van der Waals surface area contributed by atoms with Crippen molar-refractivity contribution in [2.75, 3.05) is 38.3 Å². The fourth-order valence-corrected chi connectivity index (χ4v) is 2.94. The Balaban J connectivity index is 1.82. The molecule has 3 rings (SSSR count). The highest BCUT2D eigenvalue weighted by molar-refractivity contribution is 7.07. The lowest BCUT2D eigenvalue weighted by molar-refractivity contribution is -0.125. The summed E-state index contributed by atoms with van der Waals surface area (Å²) >= 11 is 1.50. The smallest absolute Gasteiger partial charge is 0.265 e. The van der Waals surface area contributed by atoms with Crippen LogP contribution in [0.25, 0.3) is 11.3 Å². The number of anilines is 1. The van der Waals surface area contributed by atoms with Crippen LogP contribution in [0.1, 0.15) is 0 Å². The van der Waals surface area contributed by atoms with Crippen LogP contribution in [0.5, 0.6) is 5.75 Å². The van der Waals surface area contributed by atoms with E-state index in [0.717, 1.165) is 11.3 Å². The van der Waals surface area contributed by atoms with Gasteiger partial charge in [-0.25, -0.2) is 4.98 Å². The minimum Gasteiger partial charge on any atom is -0.482 e. The molecule has 1 aromatic heterocycles. The van der Waals surface area contributed by atoms with Crippen molar-refractivity contribution in [2.24, 2.45) is 0 Å². The van der Waals surface area contributed by atoms with Gasteiger partial charge in [-0.2, -0.15) is 0 Å². The van der Waals surface area contributed by atoms with Crippen molar-refractivity contribution >= 4 is 28.8 Å². The van der Waals surface area contributed by atoms with Crippen LogP contribution in [0.4, 0.5) is 5.69 Å². The van der Waals surface area contributed by atoms with Gasteiger partial charge in [0.1, 0.15) is 12.3 Å². The summed E-state index contributed by atoms with van der Waals surface area (Å²) in [6.07, 6.45) is 0. The van der Waals surface area contributed by atoms with Crippen LogP contribution in [-0.4, -0.2) is 50.2 Å². The molecule has 0 fully saturated rings. The van der Waals surface area contributed by atoms with Gasteiger partial charge in [0, 0.05) is 24.6 Å². The number of carbonyl (C=O) groups excluding carboxylic acids is 2. The van der Waals surface area contributed by atoms with Gasteiger partial charge in [0.2, 0.25) is 5.91 Å². The van der Waals surface area contributed by atoms with Crippen LogP contribution >= 0.6 is 11.3 Å². The highest BCUT2D eigenvalue weighted by atomic mass is 32.1. The van der Waals surface area contributed by atoms with Crippen molar-refractivity contribution in [2.45, 2.75) is 0 Å². The lowest BCUT2D eigenvalue weighted by atomic mass is 10.1. The minimum atomic E-state index is -0.250. The largest absolute Gasteiger partial charge is 0.482 e. The van der Waals surface area contributed by atoms with Crippen molar-refractivity contribution in [3.05, 3.63) is 29.1 Å². The molecule has 1 aliphatic heterocycles. The van der Waals surface area contributed by atoms with E-state index < -0.39 is 0 Å². The van der Waals surface area contributed by atoms with E-state index in [4.69, 9.17) is 9.47 Å². The van der Waals surface area contributed by atoms with E-state index in [1.54, 1.807) is 18.7 Å². The lowest BCUT2D eigenvalue weighted by Crippen LogP contribution is -2.45. The standard InChI is InChI=1S/C16H17N3O4S/c1-22-5-4-17-15(20)7-19-13-6-11(12-9-24-10-18-12)2-3-14(13)23-8-16(19)21/h2-3,6,9-10H,4-5,7-8H2,1H3,(H,17,20). The van der Waals surface area contributed by atoms with E-state index in [2.05, 4.69) is 10.3 Å².